The lowest BCUT2D eigenvalue weighted by atomic mass is 10.1. The predicted octanol–water partition coefficient (Wildman–Crippen LogP) is 3.21. The van der Waals surface area contributed by atoms with E-state index < -0.39 is 0 Å². The summed E-state index contributed by atoms with van der Waals surface area (Å²) < 4.78 is 0. The molecule has 2 aliphatic heterocycles. The Hall–Kier alpha value is -2.05. The summed E-state index contributed by atoms with van der Waals surface area (Å²) in [5, 5.41) is 10.0. The number of hydrogen-bond donors (Lipinski definition) is 2. The molecule has 2 N–H and O–H groups in total. The van der Waals surface area contributed by atoms with Gasteiger partial charge in [0.25, 0.3) is 0 Å². The number of allylic oxidation sites excluding steroid dienone is 1. The topological polar surface area (TPSA) is 77.4 Å². The first-order chi connectivity index (χ1) is 10.3. The predicted molar refractivity (Wildman–Crippen MR) is 96.5 cm³/mol. The second kappa shape index (κ2) is 7.02. The zero-order valence-corrected chi connectivity index (χ0v) is 13.9. The summed E-state index contributed by atoms with van der Waals surface area (Å²) in [6, 6.07) is 3.85. The fourth-order valence-corrected chi connectivity index (χ4v) is 2.74. The number of rotatable bonds is 2. The van der Waals surface area contributed by atoms with E-state index in [9.17, 15) is 5.11 Å². The van der Waals surface area contributed by atoms with E-state index in [1.165, 1.54) is 12.8 Å². The average molecular weight is 354 g/mol. The van der Waals surface area contributed by atoms with Crippen LogP contribution in [0.1, 0.15) is 24.1 Å². The van der Waals surface area contributed by atoms with Gasteiger partial charge in [-0.3, -0.25) is 0 Å². The Kier molecular flexibility index (Phi) is 5.28. The van der Waals surface area contributed by atoms with Crippen LogP contribution in [0.25, 0.3) is 11.6 Å². The van der Waals surface area contributed by atoms with E-state index in [1.807, 2.05) is 18.2 Å². The summed E-state index contributed by atoms with van der Waals surface area (Å²) in [6.07, 6.45) is 7.68. The summed E-state index contributed by atoms with van der Waals surface area (Å²) in [7, 11) is 0. The molecule has 122 valence electrons. The highest BCUT2D eigenvalue weighted by Gasteiger charge is 2.19. The molecular weight excluding hydrogens is 337 g/mol. The number of imidazole rings is 1. The van der Waals surface area contributed by atoms with Crippen molar-refractivity contribution < 1.29 is 5.11 Å². The fourth-order valence-electron chi connectivity index (χ4n) is 2.74. The molecule has 0 aromatic carbocycles. The molecule has 6 nitrogen and oxygen atoms in total. The summed E-state index contributed by atoms with van der Waals surface area (Å²) in [5.74, 6) is 1.47. The second-order valence-electron chi connectivity index (χ2n) is 5.22. The number of aromatic amines is 1. The molecule has 1 saturated heterocycles. The SMILES string of the molecule is Cl.Cl.Oc1nc(N2CCCC2)[nH]c1/C=C1\C=Nc2ncccc21. The first kappa shape index (κ1) is 17.3. The van der Waals surface area contributed by atoms with Gasteiger partial charge in [-0.25, -0.2) is 9.98 Å². The quantitative estimate of drug-likeness (QED) is 0.868. The van der Waals surface area contributed by atoms with Gasteiger partial charge in [0.1, 0.15) is 5.69 Å². The Morgan fingerprint density at radius 1 is 1.22 bits per heavy atom. The smallest absolute Gasteiger partial charge is 0.238 e. The number of hydrogen-bond acceptors (Lipinski definition) is 5. The molecule has 2 aromatic heterocycles. The molecule has 0 aliphatic carbocycles. The number of aromatic nitrogens is 3. The van der Waals surface area contributed by atoms with Crippen LogP contribution >= 0.6 is 24.8 Å². The molecule has 0 saturated carbocycles. The van der Waals surface area contributed by atoms with E-state index in [1.54, 1.807) is 12.4 Å². The molecule has 0 unspecified atom stereocenters. The number of aromatic hydroxyl groups is 1. The lowest BCUT2D eigenvalue weighted by Gasteiger charge is -2.12. The molecule has 4 rings (SSSR count). The van der Waals surface area contributed by atoms with Crippen molar-refractivity contribution in [2.75, 3.05) is 18.0 Å². The van der Waals surface area contributed by atoms with Crippen LogP contribution < -0.4 is 4.90 Å². The monoisotopic (exact) mass is 353 g/mol. The Morgan fingerprint density at radius 3 is 2.78 bits per heavy atom. The second-order valence-corrected chi connectivity index (χ2v) is 5.22. The van der Waals surface area contributed by atoms with Gasteiger partial charge in [0, 0.05) is 36.6 Å². The zero-order valence-electron chi connectivity index (χ0n) is 12.3. The van der Waals surface area contributed by atoms with Crippen molar-refractivity contribution in [1.29, 1.82) is 0 Å². The van der Waals surface area contributed by atoms with Crippen molar-refractivity contribution in [1.82, 2.24) is 15.0 Å². The zero-order chi connectivity index (χ0) is 14.2. The van der Waals surface area contributed by atoms with Crippen molar-refractivity contribution in [2.24, 2.45) is 4.99 Å². The van der Waals surface area contributed by atoms with Crippen LogP contribution in [0.15, 0.2) is 23.3 Å². The average Bonchev–Trinajstić information content (AvgIpc) is 3.21. The number of anilines is 1. The van der Waals surface area contributed by atoms with E-state index in [4.69, 9.17) is 0 Å². The van der Waals surface area contributed by atoms with Crippen LogP contribution in [0.2, 0.25) is 0 Å². The normalized spacial score (nSPS) is 17.0. The maximum absolute atomic E-state index is 10.0. The van der Waals surface area contributed by atoms with Crippen molar-refractivity contribution in [3.05, 3.63) is 29.6 Å². The molecule has 23 heavy (non-hydrogen) atoms. The lowest BCUT2D eigenvalue weighted by Crippen LogP contribution is -2.18. The largest absolute Gasteiger partial charge is 0.492 e. The molecule has 2 aromatic rings. The van der Waals surface area contributed by atoms with Crippen molar-refractivity contribution in [3.8, 4) is 5.88 Å². The Balaban J connectivity index is 0.000000960. The van der Waals surface area contributed by atoms with Gasteiger partial charge in [0.2, 0.25) is 11.8 Å². The van der Waals surface area contributed by atoms with Gasteiger partial charge in [-0.2, -0.15) is 4.98 Å². The molecule has 1 fully saturated rings. The van der Waals surface area contributed by atoms with Crippen LogP contribution in [0, 0.1) is 0 Å². The Morgan fingerprint density at radius 2 is 2.00 bits per heavy atom. The summed E-state index contributed by atoms with van der Waals surface area (Å²) in [6.45, 7) is 1.97. The number of nitrogens with zero attached hydrogens (tertiary/aromatic N) is 4. The van der Waals surface area contributed by atoms with Crippen molar-refractivity contribution in [2.45, 2.75) is 12.8 Å². The van der Waals surface area contributed by atoms with Crippen molar-refractivity contribution in [3.63, 3.8) is 0 Å². The highest BCUT2D eigenvalue weighted by molar-refractivity contribution is 6.20. The molecule has 0 amide bonds. The van der Waals surface area contributed by atoms with Gasteiger partial charge in [-0.05, 0) is 31.1 Å². The molecule has 0 radical (unpaired) electrons. The maximum Gasteiger partial charge on any atom is 0.238 e. The number of aliphatic imine (C=N–C) groups is 1. The van der Waals surface area contributed by atoms with E-state index >= 15 is 0 Å². The lowest BCUT2D eigenvalue weighted by molar-refractivity contribution is 0.455. The van der Waals surface area contributed by atoms with Gasteiger partial charge >= 0.3 is 0 Å². The third-order valence-corrected chi connectivity index (χ3v) is 3.83. The van der Waals surface area contributed by atoms with Gasteiger partial charge in [-0.1, -0.05) is 0 Å². The minimum Gasteiger partial charge on any atom is -0.492 e. The molecule has 4 heterocycles. The van der Waals surface area contributed by atoms with E-state index in [0.717, 1.165) is 30.2 Å². The van der Waals surface area contributed by atoms with Crippen LogP contribution in [0.3, 0.4) is 0 Å². The van der Waals surface area contributed by atoms with E-state index in [-0.39, 0.29) is 30.7 Å². The minimum absolute atomic E-state index is 0. The molecule has 0 spiro atoms. The first-order valence-corrected chi connectivity index (χ1v) is 7.06. The number of nitrogens with one attached hydrogen (secondary N) is 1. The molecular formula is C15H17Cl2N5O. The third-order valence-electron chi connectivity index (χ3n) is 3.83. The minimum atomic E-state index is 0. The molecule has 8 heteroatoms. The van der Waals surface area contributed by atoms with Gasteiger partial charge < -0.3 is 15.0 Å². The van der Waals surface area contributed by atoms with Gasteiger partial charge in [-0.15, -0.1) is 24.8 Å². The highest BCUT2D eigenvalue weighted by Crippen LogP contribution is 2.32. The fraction of sp³-hybridized carbons (Fsp3) is 0.267. The highest BCUT2D eigenvalue weighted by atomic mass is 35.5. The molecule has 2 aliphatic rings. The van der Waals surface area contributed by atoms with Crippen LogP contribution in [0.5, 0.6) is 5.88 Å². The summed E-state index contributed by atoms with van der Waals surface area (Å²) in [4.78, 5) is 18.0. The van der Waals surface area contributed by atoms with E-state index in [0.29, 0.717) is 11.5 Å². The number of pyridine rings is 1. The van der Waals surface area contributed by atoms with E-state index in [2.05, 4.69) is 24.8 Å². The number of H-pyrrole nitrogens is 1. The molecule has 0 atom stereocenters. The van der Waals surface area contributed by atoms with Crippen molar-refractivity contribution >= 4 is 54.4 Å². The first-order valence-electron chi connectivity index (χ1n) is 7.06. The van der Waals surface area contributed by atoms with Crippen LogP contribution in [-0.2, 0) is 0 Å². The van der Waals surface area contributed by atoms with Gasteiger partial charge in [0.05, 0.1) is 0 Å². The van der Waals surface area contributed by atoms with Gasteiger partial charge in [0.15, 0.2) is 5.82 Å². The summed E-state index contributed by atoms with van der Waals surface area (Å²) in [5.41, 5.74) is 2.49. The van der Waals surface area contributed by atoms with Crippen LogP contribution in [-0.4, -0.2) is 39.4 Å². The Labute approximate surface area is 146 Å². The maximum atomic E-state index is 10.0. The van der Waals surface area contributed by atoms with Crippen LogP contribution in [0.4, 0.5) is 11.8 Å². The Bertz CT molecular complexity index is 750. The number of fused-ring (bicyclic) bond motifs is 1. The molecule has 0 bridgehead atoms. The number of halogens is 2. The summed E-state index contributed by atoms with van der Waals surface area (Å²) >= 11 is 0. The standard InChI is InChI=1S/C15H15N5O.2ClH/c21-14-12(18-15(19-14)20-6-1-2-7-20)8-10-9-17-13-11(10)4-3-5-16-13;;/h3-5,8-9,21H,1-2,6-7H2,(H,18,19);2*1H/b10-8+;;. The third kappa shape index (κ3) is 3.18.